The molecule has 0 aliphatic carbocycles. The summed E-state index contributed by atoms with van der Waals surface area (Å²) in [6.07, 6.45) is 2.51. The fourth-order valence-corrected chi connectivity index (χ4v) is 1.71. The average Bonchev–Trinajstić information content (AvgIpc) is 2.64. The second-order valence-electron chi connectivity index (χ2n) is 3.27. The number of aromatic nitrogens is 2. The lowest BCUT2D eigenvalue weighted by Gasteiger charge is -2.06. The van der Waals surface area contributed by atoms with Crippen molar-refractivity contribution in [1.82, 2.24) is 9.78 Å². The number of rotatable bonds is 7. The zero-order valence-corrected chi connectivity index (χ0v) is 10.6. The standard InChI is InChI=1S/C10H14Cl2N2O2/c1-16-6-5-14-10(8(12)7-13-14)9(15)3-2-4-11/h7H,2-6H2,1H3. The lowest BCUT2D eigenvalue weighted by atomic mass is 10.2. The van der Waals surface area contributed by atoms with Crippen LogP contribution in [0.25, 0.3) is 0 Å². The third-order valence-corrected chi connectivity index (χ3v) is 2.65. The molecule has 1 heterocycles. The SMILES string of the molecule is COCCn1ncc(Cl)c1C(=O)CCCCl. The number of methoxy groups -OCH3 is 1. The molecule has 0 aliphatic heterocycles. The van der Waals surface area contributed by atoms with Gasteiger partial charge >= 0.3 is 0 Å². The number of carbonyl (C=O) groups is 1. The van der Waals surface area contributed by atoms with Gasteiger partial charge in [-0.3, -0.25) is 9.48 Å². The van der Waals surface area contributed by atoms with Crippen LogP contribution in [0.15, 0.2) is 6.20 Å². The van der Waals surface area contributed by atoms with Crippen LogP contribution in [0, 0.1) is 0 Å². The topological polar surface area (TPSA) is 44.1 Å². The molecule has 0 amide bonds. The summed E-state index contributed by atoms with van der Waals surface area (Å²) >= 11 is 11.5. The van der Waals surface area contributed by atoms with Crippen molar-refractivity contribution in [3.63, 3.8) is 0 Å². The van der Waals surface area contributed by atoms with Crippen LogP contribution >= 0.6 is 23.2 Å². The Morgan fingerprint density at radius 2 is 2.38 bits per heavy atom. The molecule has 1 aromatic rings. The smallest absolute Gasteiger partial charge is 0.182 e. The predicted octanol–water partition coefficient (Wildman–Crippen LogP) is 2.38. The maximum atomic E-state index is 11.8. The van der Waals surface area contributed by atoms with Crippen molar-refractivity contribution < 1.29 is 9.53 Å². The van der Waals surface area contributed by atoms with E-state index in [1.165, 1.54) is 6.20 Å². The number of Topliss-reactive ketones (excluding diaryl/α,β-unsaturated/α-hetero) is 1. The van der Waals surface area contributed by atoms with E-state index >= 15 is 0 Å². The van der Waals surface area contributed by atoms with Crippen LogP contribution in [-0.4, -0.2) is 35.2 Å². The first-order valence-corrected chi connectivity index (χ1v) is 5.91. The Morgan fingerprint density at radius 3 is 3.00 bits per heavy atom. The van der Waals surface area contributed by atoms with Crippen LogP contribution in [0.4, 0.5) is 0 Å². The Labute approximate surface area is 104 Å². The minimum Gasteiger partial charge on any atom is -0.383 e. The Morgan fingerprint density at radius 1 is 1.62 bits per heavy atom. The Kier molecular flexibility index (Phi) is 5.80. The second-order valence-corrected chi connectivity index (χ2v) is 4.06. The van der Waals surface area contributed by atoms with Crippen molar-refractivity contribution in [2.75, 3.05) is 19.6 Å². The molecule has 0 spiro atoms. The minimum atomic E-state index is -0.0285. The maximum absolute atomic E-state index is 11.8. The molecule has 0 saturated carbocycles. The molecule has 0 aromatic carbocycles. The van der Waals surface area contributed by atoms with Gasteiger partial charge in [0, 0.05) is 19.4 Å². The Hall–Kier alpha value is -0.580. The molecular weight excluding hydrogens is 251 g/mol. The normalized spacial score (nSPS) is 10.7. The third kappa shape index (κ3) is 3.47. The summed E-state index contributed by atoms with van der Waals surface area (Å²) in [7, 11) is 1.60. The van der Waals surface area contributed by atoms with Gasteiger partial charge in [0.15, 0.2) is 5.78 Å². The molecular formula is C10H14Cl2N2O2. The first-order valence-electron chi connectivity index (χ1n) is 5.00. The van der Waals surface area contributed by atoms with E-state index < -0.39 is 0 Å². The molecule has 0 fully saturated rings. The van der Waals surface area contributed by atoms with Crippen molar-refractivity contribution in [3.05, 3.63) is 16.9 Å². The van der Waals surface area contributed by atoms with Crippen LogP contribution in [0.1, 0.15) is 23.3 Å². The highest BCUT2D eigenvalue weighted by molar-refractivity contribution is 6.33. The van der Waals surface area contributed by atoms with Crippen molar-refractivity contribution >= 4 is 29.0 Å². The summed E-state index contributed by atoms with van der Waals surface area (Å²) in [6, 6.07) is 0. The van der Waals surface area contributed by atoms with E-state index in [1.807, 2.05) is 0 Å². The van der Waals surface area contributed by atoms with Gasteiger partial charge in [0.1, 0.15) is 5.69 Å². The number of ether oxygens (including phenoxy) is 1. The van der Waals surface area contributed by atoms with Gasteiger partial charge in [-0.15, -0.1) is 11.6 Å². The molecule has 0 unspecified atom stereocenters. The fraction of sp³-hybridized carbons (Fsp3) is 0.600. The molecule has 0 N–H and O–H groups in total. The number of hydrogen-bond acceptors (Lipinski definition) is 3. The van der Waals surface area contributed by atoms with E-state index in [0.717, 1.165) is 0 Å². The molecule has 90 valence electrons. The Bertz CT molecular complexity index is 353. The fourth-order valence-electron chi connectivity index (χ4n) is 1.33. The molecule has 1 aromatic heterocycles. The molecule has 4 nitrogen and oxygen atoms in total. The van der Waals surface area contributed by atoms with Gasteiger partial charge in [-0.2, -0.15) is 5.10 Å². The maximum Gasteiger partial charge on any atom is 0.182 e. The van der Waals surface area contributed by atoms with Gasteiger partial charge in [-0.25, -0.2) is 0 Å². The lowest BCUT2D eigenvalue weighted by molar-refractivity contribution is 0.0968. The zero-order chi connectivity index (χ0) is 12.0. The highest BCUT2D eigenvalue weighted by atomic mass is 35.5. The van der Waals surface area contributed by atoms with Crippen molar-refractivity contribution in [2.45, 2.75) is 19.4 Å². The number of alkyl halides is 1. The lowest BCUT2D eigenvalue weighted by Crippen LogP contribution is -2.14. The third-order valence-electron chi connectivity index (χ3n) is 2.10. The van der Waals surface area contributed by atoms with Gasteiger partial charge < -0.3 is 4.74 Å². The van der Waals surface area contributed by atoms with Crippen LogP contribution < -0.4 is 0 Å². The summed E-state index contributed by atoms with van der Waals surface area (Å²) in [6.45, 7) is 1.01. The molecule has 1 rings (SSSR count). The van der Waals surface area contributed by atoms with E-state index in [2.05, 4.69) is 5.10 Å². The summed E-state index contributed by atoms with van der Waals surface area (Å²) in [5, 5.41) is 4.42. The predicted molar refractivity (Wildman–Crippen MR) is 63.4 cm³/mol. The van der Waals surface area contributed by atoms with E-state index in [1.54, 1.807) is 11.8 Å². The number of nitrogens with zero attached hydrogens (tertiary/aromatic N) is 2. The van der Waals surface area contributed by atoms with Gasteiger partial charge in [0.2, 0.25) is 0 Å². The largest absolute Gasteiger partial charge is 0.383 e. The summed E-state index contributed by atoms with van der Waals surface area (Å²) in [4.78, 5) is 11.8. The highest BCUT2D eigenvalue weighted by Crippen LogP contribution is 2.17. The Balaban J connectivity index is 2.75. The van der Waals surface area contributed by atoms with Crippen LogP contribution in [-0.2, 0) is 11.3 Å². The zero-order valence-electron chi connectivity index (χ0n) is 9.08. The van der Waals surface area contributed by atoms with Crippen LogP contribution in [0.5, 0.6) is 0 Å². The molecule has 0 atom stereocenters. The number of halogens is 2. The highest BCUT2D eigenvalue weighted by Gasteiger charge is 2.16. The van der Waals surface area contributed by atoms with Gasteiger partial charge in [-0.1, -0.05) is 11.6 Å². The van der Waals surface area contributed by atoms with Gasteiger partial charge in [0.05, 0.1) is 24.4 Å². The van der Waals surface area contributed by atoms with E-state index in [0.29, 0.717) is 42.6 Å². The molecule has 0 aliphatic rings. The number of carbonyl (C=O) groups excluding carboxylic acids is 1. The van der Waals surface area contributed by atoms with Crippen molar-refractivity contribution in [1.29, 1.82) is 0 Å². The van der Waals surface area contributed by atoms with Crippen molar-refractivity contribution in [3.8, 4) is 0 Å². The second kappa shape index (κ2) is 6.89. The van der Waals surface area contributed by atoms with E-state index in [9.17, 15) is 4.79 Å². The van der Waals surface area contributed by atoms with Gasteiger partial charge in [-0.05, 0) is 6.42 Å². The summed E-state index contributed by atoms with van der Waals surface area (Å²) in [5.41, 5.74) is 0.448. The minimum absolute atomic E-state index is 0.0285. The van der Waals surface area contributed by atoms with E-state index in [-0.39, 0.29) is 5.78 Å². The number of hydrogen-bond donors (Lipinski definition) is 0. The van der Waals surface area contributed by atoms with E-state index in [4.69, 9.17) is 27.9 Å². The molecule has 16 heavy (non-hydrogen) atoms. The van der Waals surface area contributed by atoms with Gasteiger partial charge in [0.25, 0.3) is 0 Å². The summed E-state index contributed by atoms with van der Waals surface area (Å²) < 4.78 is 6.51. The summed E-state index contributed by atoms with van der Waals surface area (Å²) in [5.74, 6) is 0.439. The van der Waals surface area contributed by atoms with Crippen LogP contribution in [0.3, 0.4) is 0 Å². The molecule has 0 saturated heterocycles. The molecule has 6 heteroatoms. The average molecular weight is 265 g/mol. The monoisotopic (exact) mass is 264 g/mol. The molecule has 0 bridgehead atoms. The van der Waals surface area contributed by atoms with Crippen molar-refractivity contribution in [2.24, 2.45) is 0 Å². The number of ketones is 1. The quantitative estimate of drug-likeness (QED) is 0.561. The molecule has 0 radical (unpaired) electrons. The first-order chi connectivity index (χ1) is 7.70. The first kappa shape index (κ1) is 13.5. The van der Waals surface area contributed by atoms with Crippen LogP contribution in [0.2, 0.25) is 5.02 Å².